The zero-order chi connectivity index (χ0) is 10.8. The van der Waals surface area contributed by atoms with E-state index in [4.69, 9.17) is 11.6 Å². The molecular formula is C9H5ClF2N2O. The van der Waals surface area contributed by atoms with Gasteiger partial charge in [-0.2, -0.15) is 8.78 Å². The topological polar surface area (TPSA) is 35.0 Å². The highest BCUT2D eigenvalue weighted by molar-refractivity contribution is 6.34. The lowest BCUT2D eigenvalue weighted by Crippen LogP contribution is -2.01. The van der Waals surface area contributed by atoms with Crippen molar-refractivity contribution in [2.24, 2.45) is 0 Å². The third-order valence-corrected chi connectivity index (χ3v) is 2.09. The van der Waals surface area contributed by atoms with E-state index in [-0.39, 0.29) is 10.9 Å². The summed E-state index contributed by atoms with van der Waals surface area (Å²) in [7, 11) is 0. The molecule has 0 saturated carbocycles. The van der Waals surface area contributed by atoms with Gasteiger partial charge >= 0.3 is 6.61 Å². The molecule has 0 bridgehead atoms. The molecule has 0 spiro atoms. The Labute approximate surface area is 88.7 Å². The second kappa shape index (κ2) is 3.94. The molecule has 1 aromatic heterocycles. The van der Waals surface area contributed by atoms with Gasteiger partial charge in [0.15, 0.2) is 0 Å². The number of halogens is 3. The maximum absolute atomic E-state index is 11.9. The lowest BCUT2D eigenvalue weighted by molar-refractivity contribution is -0.0497. The summed E-state index contributed by atoms with van der Waals surface area (Å²) in [6.07, 6.45) is 1.26. The Kier molecular flexibility index (Phi) is 2.64. The van der Waals surface area contributed by atoms with Crippen molar-refractivity contribution >= 4 is 22.5 Å². The van der Waals surface area contributed by atoms with Crippen molar-refractivity contribution < 1.29 is 13.5 Å². The summed E-state index contributed by atoms with van der Waals surface area (Å²) in [6, 6.07) is 4.31. The fraction of sp³-hybridized carbons (Fsp3) is 0.111. The number of rotatable bonds is 2. The molecule has 0 fully saturated rings. The monoisotopic (exact) mass is 230 g/mol. The molecule has 1 heterocycles. The molecule has 6 heteroatoms. The number of hydrogen-bond donors (Lipinski definition) is 0. The largest absolute Gasteiger partial charge is 0.435 e. The number of ether oxygens (including phenoxy) is 1. The molecule has 15 heavy (non-hydrogen) atoms. The molecule has 0 aliphatic rings. The summed E-state index contributed by atoms with van der Waals surface area (Å²) in [6.45, 7) is -2.85. The molecule has 78 valence electrons. The molecular weight excluding hydrogens is 226 g/mol. The van der Waals surface area contributed by atoms with Crippen molar-refractivity contribution in [3.05, 3.63) is 29.7 Å². The van der Waals surface area contributed by atoms with Gasteiger partial charge in [0, 0.05) is 11.5 Å². The van der Waals surface area contributed by atoms with Gasteiger partial charge in [0.2, 0.25) is 0 Å². The Morgan fingerprint density at radius 1 is 1.27 bits per heavy atom. The third kappa shape index (κ3) is 2.12. The van der Waals surface area contributed by atoms with Crippen LogP contribution < -0.4 is 4.74 Å². The van der Waals surface area contributed by atoms with E-state index >= 15 is 0 Å². The predicted molar refractivity (Wildman–Crippen MR) is 51.2 cm³/mol. The maximum atomic E-state index is 11.9. The standard InChI is InChI=1S/C9H5ClF2N2O/c10-8-6-2-1-5(15-9(11)12)3-7(6)13-4-14-8/h1-4,9H. The Hall–Kier alpha value is -1.49. The molecule has 0 aliphatic carbocycles. The van der Waals surface area contributed by atoms with Crippen LogP contribution in [0.3, 0.4) is 0 Å². The molecule has 0 amide bonds. The highest BCUT2D eigenvalue weighted by atomic mass is 35.5. The fourth-order valence-electron chi connectivity index (χ4n) is 1.18. The summed E-state index contributed by atoms with van der Waals surface area (Å²) in [5.74, 6) is 0.0484. The highest BCUT2D eigenvalue weighted by Gasteiger charge is 2.06. The van der Waals surface area contributed by atoms with Crippen LogP contribution in [0.15, 0.2) is 24.5 Å². The van der Waals surface area contributed by atoms with Gasteiger partial charge in [-0.05, 0) is 12.1 Å². The van der Waals surface area contributed by atoms with Crippen LogP contribution in [0.4, 0.5) is 8.78 Å². The zero-order valence-corrected chi connectivity index (χ0v) is 8.08. The van der Waals surface area contributed by atoms with E-state index in [9.17, 15) is 8.78 Å². The van der Waals surface area contributed by atoms with Crippen LogP contribution in [0.2, 0.25) is 5.15 Å². The molecule has 0 radical (unpaired) electrons. The summed E-state index contributed by atoms with van der Waals surface area (Å²) < 4.78 is 28.1. The van der Waals surface area contributed by atoms with Crippen LogP contribution in [0.1, 0.15) is 0 Å². The minimum absolute atomic E-state index is 0.0484. The fourth-order valence-corrected chi connectivity index (χ4v) is 1.38. The van der Waals surface area contributed by atoms with Crippen molar-refractivity contribution in [1.82, 2.24) is 9.97 Å². The molecule has 0 unspecified atom stereocenters. The van der Waals surface area contributed by atoms with E-state index in [1.165, 1.54) is 24.5 Å². The molecule has 0 N–H and O–H groups in total. The van der Waals surface area contributed by atoms with Gasteiger partial charge in [0.05, 0.1) is 5.52 Å². The smallest absolute Gasteiger partial charge is 0.387 e. The number of benzene rings is 1. The first-order valence-corrected chi connectivity index (χ1v) is 4.39. The van der Waals surface area contributed by atoms with Gasteiger partial charge in [-0.1, -0.05) is 11.6 Å². The van der Waals surface area contributed by atoms with Gasteiger partial charge in [-0.15, -0.1) is 0 Å². The number of nitrogens with zero attached hydrogens (tertiary/aromatic N) is 2. The van der Waals surface area contributed by atoms with Crippen molar-refractivity contribution in [2.75, 3.05) is 0 Å². The van der Waals surface area contributed by atoms with E-state index in [2.05, 4.69) is 14.7 Å². The van der Waals surface area contributed by atoms with Crippen LogP contribution in [0.25, 0.3) is 10.9 Å². The third-order valence-electron chi connectivity index (χ3n) is 1.78. The minimum atomic E-state index is -2.85. The Morgan fingerprint density at radius 2 is 2.07 bits per heavy atom. The summed E-state index contributed by atoms with van der Waals surface area (Å²) >= 11 is 5.78. The van der Waals surface area contributed by atoms with Crippen molar-refractivity contribution in [2.45, 2.75) is 6.61 Å². The molecule has 2 rings (SSSR count). The molecule has 0 atom stereocenters. The summed E-state index contributed by atoms with van der Waals surface area (Å²) in [5, 5.41) is 0.879. The van der Waals surface area contributed by atoms with Crippen LogP contribution in [0.5, 0.6) is 5.75 Å². The van der Waals surface area contributed by atoms with E-state index in [0.29, 0.717) is 10.9 Å². The molecule has 1 aromatic carbocycles. The number of aromatic nitrogens is 2. The second-order valence-electron chi connectivity index (χ2n) is 2.72. The highest BCUT2D eigenvalue weighted by Crippen LogP contribution is 2.24. The van der Waals surface area contributed by atoms with Crippen molar-refractivity contribution in [3.63, 3.8) is 0 Å². The predicted octanol–water partition coefficient (Wildman–Crippen LogP) is 2.88. The molecule has 0 aliphatic heterocycles. The van der Waals surface area contributed by atoms with E-state index in [0.717, 1.165) is 0 Å². The van der Waals surface area contributed by atoms with Crippen LogP contribution in [-0.2, 0) is 0 Å². The first-order valence-electron chi connectivity index (χ1n) is 4.02. The van der Waals surface area contributed by atoms with E-state index < -0.39 is 6.61 Å². The SMILES string of the molecule is FC(F)Oc1ccc2c(Cl)ncnc2c1. The normalized spacial score (nSPS) is 10.9. The summed E-state index contributed by atoms with van der Waals surface area (Å²) in [4.78, 5) is 7.65. The van der Waals surface area contributed by atoms with Gasteiger partial charge in [-0.25, -0.2) is 9.97 Å². The number of hydrogen-bond acceptors (Lipinski definition) is 3. The van der Waals surface area contributed by atoms with Gasteiger partial charge in [-0.3, -0.25) is 0 Å². The van der Waals surface area contributed by atoms with E-state index in [1.54, 1.807) is 0 Å². The second-order valence-corrected chi connectivity index (χ2v) is 3.08. The van der Waals surface area contributed by atoms with Crippen LogP contribution in [-0.4, -0.2) is 16.6 Å². The van der Waals surface area contributed by atoms with Crippen LogP contribution >= 0.6 is 11.6 Å². The Bertz CT molecular complexity index is 492. The lowest BCUT2D eigenvalue weighted by atomic mass is 10.2. The van der Waals surface area contributed by atoms with Gasteiger partial charge < -0.3 is 4.74 Å². The molecule has 3 nitrogen and oxygen atoms in total. The van der Waals surface area contributed by atoms with Crippen molar-refractivity contribution in [1.29, 1.82) is 0 Å². The Balaban J connectivity index is 2.48. The van der Waals surface area contributed by atoms with E-state index in [1.807, 2.05) is 0 Å². The zero-order valence-electron chi connectivity index (χ0n) is 7.32. The average Bonchev–Trinajstić information content (AvgIpc) is 2.17. The summed E-state index contributed by atoms with van der Waals surface area (Å²) in [5.41, 5.74) is 0.466. The van der Waals surface area contributed by atoms with Crippen molar-refractivity contribution in [3.8, 4) is 5.75 Å². The van der Waals surface area contributed by atoms with Crippen LogP contribution in [0, 0.1) is 0 Å². The first kappa shape index (κ1) is 10.0. The molecule has 0 saturated heterocycles. The molecule has 2 aromatic rings. The maximum Gasteiger partial charge on any atom is 0.387 e. The quantitative estimate of drug-likeness (QED) is 0.744. The lowest BCUT2D eigenvalue weighted by Gasteiger charge is -2.05. The van der Waals surface area contributed by atoms with Gasteiger partial charge in [0.1, 0.15) is 17.2 Å². The number of fused-ring (bicyclic) bond motifs is 1. The minimum Gasteiger partial charge on any atom is -0.435 e. The Morgan fingerprint density at radius 3 is 2.80 bits per heavy atom. The average molecular weight is 231 g/mol. The van der Waals surface area contributed by atoms with Gasteiger partial charge in [0.25, 0.3) is 0 Å². The number of alkyl halides is 2. The first-order chi connectivity index (χ1) is 7.16.